The largest absolute Gasteiger partial charge is 0.281 e. The summed E-state index contributed by atoms with van der Waals surface area (Å²) in [5, 5.41) is 0. The van der Waals surface area contributed by atoms with E-state index in [0.29, 0.717) is 0 Å². The van der Waals surface area contributed by atoms with E-state index < -0.39 is 10.0 Å². The molecule has 0 bridgehead atoms. The van der Waals surface area contributed by atoms with Gasteiger partial charge in [-0.05, 0) is 6.42 Å². The van der Waals surface area contributed by atoms with Crippen LogP contribution >= 0.6 is 0 Å². The van der Waals surface area contributed by atoms with E-state index in [9.17, 15) is 8.42 Å². The minimum atomic E-state index is -3.09. The van der Waals surface area contributed by atoms with Gasteiger partial charge in [-0.3, -0.25) is 4.31 Å². The number of hydrogen-bond acceptors (Lipinski definition) is 2. The van der Waals surface area contributed by atoms with Crippen molar-refractivity contribution in [2.75, 3.05) is 12.8 Å². The Hall–Kier alpha value is -0.510. The predicted octanol–water partition coefficient (Wildman–Crippen LogP) is 2.75. The fourth-order valence-corrected chi connectivity index (χ4v) is 2.41. The molecule has 0 aliphatic rings. The van der Waals surface area contributed by atoms with E-state index in [1.54, 1.807) is 0 Å². The van der Waals surface area contributed by atoms with Gasteiger partial charge in [0.15, 0.2) is 0 Å². The second-order valence-corrected chi connectivity index (χ2v) is 5.93. The third kappa shape index (κ3) is 6.55. The summed E-state index contributed by atoms with van der Waals surface area (Å²) in [6.07, 6.45) is 7.92. The van der Waals surface area contributed by atoms with E-state index in [-0.39, 0.29) is 5.75 Å². The minimum Gasteiger partial charge on any atom is -0.281 e. The molecule has 4 heteroatoms. The number of nitrogens with zero attached hydrogens (tertiary/aromatic N) is 1. The maximum absolute atomic E-state index is 11.5. The number of unbranched alkanes of at least 4 members (excludes halogenated alkanes) is 5. The number of hydrogen-bond donors (Lipinski definition) is 0. The second kappa shape index (κ2) is 7.74. The van der Waals surface area contributed by atoms with Gasteiger partial charge >= 0.3 is 0 Å². The Morgan fingerprint density at radius 3 is 2.20 bits per heavy atom. The molecule has 0 radical (unpaired) electrons. The van der Waals surface area contributed by atoms with Crippen molar-refractivity contribution in [2.45, 2.75) is 45.4 Å². The lowest BCUT2D eigenvalue weighted by molar-refractivity contribution is 0.532. The Morgan fingerprint density at radius 2 is 1.67 bits per heavy atom. The van der Waals surface area contributed by atoms with Gasteiger partial charge in [-0.1, -0.05) is 45.6 Å². The summed E-state index contributed by atoms with van der Waals surface area (Å²) in [5.41, 5.74) is 0. The van der Waals surface area contributed by atoms with Gasteiger partial charge in [0.25, 0.3) is 0 Å². The monoisotopic (exact) mass is 233 g/mol. The smallest absolute Gasteiger partial charge is 0.234 e. The fraction of sp³-hybridized carbons (Fsp3) is 0.818. The molecule has 0 amide bonds. The van der Waals surface area contributed by atoms with Crippen LogP contribution in [0.15, 0.2) is 12.8 Å². The molecule has 15 heavy (non-hydrogen) atoms. The lowest BCUT2D eigenvalue weighted by atomic mass is 10.1. The zero-order chi connectivity index (χ0) is 11.7. The lowest BCUT2D eigenvalue weighted by Crippen LogP contribution is -2.23. The third-order valence-corrected chi connectivity index (χ3v) is 4.28. The molecule has 0 N–H and O–H groups in total. The Balaban J connectivity index is 3.63. The number of sulfonamides is 1. The molecule has 0 rings (SSSR count). The molecule has 0 aliphatic heterocycles. The maximum Gasteiger partial charge on any atom is 0.234 e. The molecule has 3 nitrogen and oxygen atoms in total. The Labute approximate surface area is 94.2 Å². The van der Waals surface area contributed by atoms with E-state index in [4.69, 9.17) is 0 Å². The maximum atomic E-state index is 11.5. The van der Waals surface area contributed by atoms with Crippen LogP contribution < -0.4 is 0 Å². The average molecular weight is 233 g/mol. The molecule has 0 saturated heterocycles. The highest BCUT2D eigenvalue weighted by Gasteiger charge is 2.12. The van der Waals surface area contributed by atoms with E-state index in [0.717, 1.165) is 19.3 Å². The van der Waals surface area contributed by atoms with Crippen LogP contribution in [0, 0.1) is 0 Å². The SMILES string of the molecule is C=CN(C)S(=O)(=O)CCCCCCCC. The van der Waals surface area contributed by atoms with Gasteiger partial charge in [0, 0.05) is 13.2 Å². The summed E-state index contributed by atoms with van der Waals surface area (Å²) in [6.45, 7) is 5.61. The van der Waals surface area contributed by atoms with Crippen molar-refractivity contribution in [1.29, 1.82) is 0 Å². The van der Waals surface area contributed by atoms with Gasteiger partial charge in [-0.2, -0.15) is 0 Å². The second-order valence-electron chi connectivity index (χ2n) is 3.78. The molecular weight excluding hydrogens is 210 g/mol. The van der Waals surface area contributed by atoms with Gasteiger partial charge in [-0.15, -0.1) is 0 Å². The molecule has 0 heterocycles. The van der Waals surface area contributed by atoms with Crippen molar-refractivity contribution in [3.05, 3.63) is 12.8 Å². The molecule has 0 aromatic heterocycles. The van der Waals surface area contributed by atoms with Crippen LogP contribution in [-0.2, 0) is 10.0 Å². The van der Waals surface area contributed by atoms with E-state index >= 15 is 0 Å². The Bertz CT molecular complexity index is 260. The van der Waals surface area contributed by atoms with Crippen LogP contribution in [0.3, 0.4) is 0 Å². The van der Waals surface area contributed by atoms with Crippen LogP contribution in [0.5, 0.6) is 0 Å². The molecule has 0 aromatic carbocycles. The van der Waals surface area contributed by atoms with E-state index in [1.165, 1.54) is 36.8 Å². The highest BCUT2D eigenvalue weighted by atomic mass is 32.2. The van der Waals surface area contributed by atoms with Crippen molar-refractivity contribution in [1.82, 2.24) is 4.31 Å². The van der Waals surface area contributed by atoms with Gasteiger partial charge in [0.05, 0.1) is 5.75 Å². The third-order valence-electron chi connectivity index (χ3n) is 2.45. The molecule has 0 saturated carbocycles. The van der Waals surface area contributed by atoms with Gasteiger partial charge in [0.2, 0.25) is 10.0 Å². The van der Waals surface area contributed by atoms with Gasteiger partial charge < -0.3 is 0 Å². The normalized spacial score (nSPS) is 11.3. The first-order chi connectivity index (χ1) is 7.04. The van der Waals surface area contributed by atoms with Crippen LogP contribution in [0.1, 0.15) is 45.4 Å². The van der Waals surface area contributed by atoms with Crippen LogP contribution in [-0.4, -0.2) is 25.5 Å². The zero-order valence-corrected chi connectivity index (χ0v) is 10.7. The minimum absolute atomic E-state index is 0.238. The van der Waals surface area contributed by atoms with Gasteiger partial charge in [0.1, 0.15) is 0 Å². The van der Waals surface area contributed by atoms with Crippen LogP contribution in [0.2, 0.25) is 0 Å². The summed E-state index contributed by atoms with van der Waals surface area (Å²) in [4.78, 5) is 0. The molecule has 0 aromatic rings. The van der Waals surface area contributed by atoms with Crippen molar-refractivity contribution in [2.24, 2.45) is 0 Å². The fourth-order valence-electron chi connectivity index (χ4n) is 1.32. The topological polar surface area (TPSA) is 37.4 Å². The summed E-state index contributed by atoms with van der Waals surface area (Å²) >= 11 is 0. The summed E-state index contributed by atoms with van der Waals surface area (Å²) < 4.78 is 24.2. The Kier molecular flexibility index (Phi) is 7.48. The summed E-state index contributed by atoms with van der Waals surface area (Å²) in [5.74, 6) is 0.238. The molecule has 0 spiro atoms. The summed E-state index contributed by atoms with van der Waals surface area (Å²) in [7, 11) is -1.56. The first-order valence-electron chi connectivity index (χ1n) is 5.63. The number of rotatable bonds is 9. The highest BCUT2D eigenvalue weighted by molar-refractivity contribution is 7.89. The summed E-state index contributed by atoms with van der Waals surface area (Å²) in [6, 6.07) is 0. The molecule has 0 atom stereocenters. The average Bonchev–Trinajstić information content (AvgIpc) is 2.22. The van der Waals surface area contributed by atoms with Crippen molar-refractivity contribution in [3.63, 3.8) is 0 Å². The lowest BCUT2D eigenvalue weighted by Gasteiger charge is -2.13. The molecule has 0 aliphatic carbocycles. The quantitative estimate of drug-likeness (QED) is 0.574. The van der Waals surface area contributed by atoms with Crippen LogP contribution in [0.4, 0.5) is 0 Å². The first-order valence-corrected chi connectivity index (χ1v) is 7.23. The molecular formula is C11H23NO2S. The standard InChI is InChI=1S/C11H23NO2S/c1-4-6-7-8-9-10-11-15(13,14)12(3)5-2/h5H,2,4,6-11H2,1,3H3. The predicted molar refractivity (Wildman–Crippen MR) is 65.1 cm³/mol. The van der Waals surface area contributed by atoms with E-state index in [1.807, 2.05) is 0 Å². The van der Waals surface area contributed by atoms with Crippen LogP contribution in [0.25, 0.3) is 0 Å². The molecule has 90 valence electrons. The molecule has 0 fully saturated rings. The van der Waals surface area contributed by atoms with Crippen molar-refractivity contribution in [3.8, 4) is 0 Å². The van der Waals surface area contributed by atoms with Crippen molar-refractivity contribution < 1.29 is 8.42 Å². The van der Waals surface area contributed by atoms with Crippen molar-refractivity contribution >= 4 is 10.0 Å². The van der Waals surface area contributed by atoms with Gasteiger partial charge in [-0.25, -0.2) is 8.42 Å². The Morgan fingerprint density at radius 1 is 1.13 bits per heavy atom. The molecule has 0 unspecified atom stereocenters. The highest BCUT2D eigenvalue weighted by Crippen LogP contribution is 2.08. The first kappa shape index (κ1) is 14.5. The zero-order valence-electron chi connectivity index (χ0n) is 9.91. The van der Waals surface area contributed by atoms with E-state index in [2.05, 4.69) is 13.5 Å².